The number of piperazine rings is 1. The van der Waals surface area contributed by atoms with Crippen LogP contribution in [-0.2, 0) is 0 Å². The summed E-state index contributed by atoms with van der Waals surface area (Å²) >= 11 is 0. The fourth-order valence-corrected chi connectivity index (χ4v) is 9.29. The molecule has 3 aliphatic heterocycles. The summed E-state index contributed by atoms with van der Waals surface area (Å²) < 4.78 is 44.4. The molecule has 2 aliphatic carbocycles. The summed E-state index contributed by atoms with van der Waals surface area (Å²) in [5.41, 5.74) is -0.0518. The third kappa shape index (κ3) is 5.48. The molecule has 50 heavy (non-hydrogen) atoms. The van der Waals surface area contributed by atoms with E-state index in [1.54, 1.807) is 0 Å². The number of ether oxygens (including phenoxy) is 2. The van der Waals surface area contributed by atoms with E-state index in [4.69, 9.17) is 25.9 Å². The molecular weight excluding hydrogens is 638 g/mol. The number of nitrogens with one attached hydrogen (secondary N) is 1. The number of fused-ring (bicyclic) bond motifs is 5. The molecule has 4 unspecified atom stereocenters. The molecule has 4 aromatic rings. The predicted molar refractivity (Wildman–Crippen MR) is 188 cm³/mol. The highest BCUT2D eigenvalue weighted by Crippen LogP contribution is 2.49. The number of aromatic hydroxyl groups is 1. The number of benzene rings is 2. The Hall–Kier alpha value is -4.27. The molecule has 2 aromatic heterocycles. The van der Waals surface area contributed by atoms with Crippen molar-refractivity contribution in [2.24, 2.45) is 17.3 Å². The first kappa shape index (κ1) is 31.7. The maximum atomic E-state index is 17.1. The number of pyridine rings is 1. The second-order valence-corrected chi connectivity index (χ2v) is 15.3. The minimum absolute atomic E-state index is 0.0126. The molecule has 9 nitrogen and oxygen atoms in total. The van der Waals surface area contributed by atoms with Crippen molar-refractivity contribution in [2.45, 2.75) is 63.5 Å². The number of anilines is 1. The van der Waals surface area contributed by atoms with Gasteiger partial charge in [0.05, 0.1) is 19.3 Å². The fraction of sp³-hybridized carbons (Fsp3) is 0.513. The summed E-state index contributed by atoms with van der Waals surface area (Å²) in [5.74, 6) is 3.15. The zero-order valence-corrected chi connectivity index (χ0v) is 28.4. The third-order valence-corrected chi connectivity index (χ3v) is 11.9. The Balaban J connectivity index is 1.13. The van der Waals surface area contributed by atoms with Gasteiger partial charge in [0.15, 0.2) is 5.82 Å². The van der Waals surface area contributed by atoms with E-state index in [-0.39, 0.29) is 50.8 Å². The van der Waals surface area contributed by atoms with Crippen molar-refractivity contribution in [3.63, 3.8) is 0 Å². The Bertz CT molecular complexity index is 2020. The van der Waals surface area contributed by atoms with E-state index in [9.17, 15) is 9.50 Å². The predicted octanol–water partition coefficient (Wildman–Crippen LogP) is 6.04. The maximum absolute atomic E-state index is 17.1. The number of rotatable bonds is 8. The fourth-order valence-electron chi connectivity index (χ4n) is 9.29. The van der Waals surface area contributed by atoms with E-state index in [0.717, 1.165) is 44.1 Å². The quantitative estimate of drug-likeness (QED) is 0.216. The minimum atomic E-state index is -0.757. The Morgan fingerprint density at radius 2 is 1.72 bits per heavy atom. The van der Waals surface area contributed by atoms with Crippen LogP contribution in [0.1, 0.15) is 56.9 Å². The van der Waals surface area contributed by atoms with Crippen LogP contribution in [0.3, 0.4) is 0 Å². The number of aromatic nitrogens is 3. The lowest BCUT2D eigenvalue weighted by Gasteiger charge is -2.34. The van der Waals surface area contributed by atoms with E-state index in [0.29, 0.717) is 48.4 Å². The van der Waals surface area contributed by atoms with Gasteiger partial charge in [-0.1, -0.05) is 24.8 Å². The van der Waals surface area contributed by atoms with Crippen molar-refractivity contribution in [3.8, 4) is 41.2 Å². The van der Waals surface area contributed by atoms with Gasteiger partial charge in [-0.2, -0.15) is 9.97 Å². The SMILES string of the molecule is C#Cc1c(F)ccc2cc(O)cc(-c3nc(OC)c4c(N5CC6CCC(C5)N6)nc(OCC5(CN6CC7CCCCC7C6)CC5)nc4c3F)c12. The maximum Gasteiger partial charge on any atom is 0.319 e. The number of phenolic OH excluding ortho intramolecular Hbond substituents is 1. The number of terminal acetylenes is 1. The second kappa shape index (κ2) is 12.2. The smallest absolute Gasteiger partial charge is 0.319 e. The minimum Gasteiger partial charge on any atom is -0.508 e. The van der Waals surface area contributed by atoms with Crippen molar-refractivity contribution in [1.29, 1.82) is 0 Å². The van der Waals surface area contributed by atoms with E-state index in [2.05, 4.69) is 26.0 Å². The van der Waals surface area contributed by atoms with Crippen molar-refractivity contribution < 1.29 is 23.4 Å². The lowest BCUT2D eigenvalue weighted by atomic mass is 9.82. The van der Waals surface area contributed by atoms with E-state index >= 15 is 4.39 Å². The van der Waals surface area contributed by atoms with Crippen LogP contribution in [-0.4, -0.2) is 83.5 Å². The Kier molecular flexibility index (Phi) is 7.73. The van der Waals surface area contributed by atoms with Gasteiger partial charge in [-0.15, -0.1) is 6.42 Å². The van der Waals surface area contributed by atoms with Crippen molar-refractivity contribution in [2.75, 3.05) is 51.3 Å². The average Bonchev–Trinajstić information content (AvgIpc) is 3.63. The van der Waals surface area contributed by atoms with Gasteiger partial charge >= 0.3 is 6.01 Å². The van der Waals surface area contributed by atoms with Crippen molar-refractivity contribution in [1.82, 2.24) is 25.2 Å². The van der Waals surface area contributed by atoms with E-state index < -0.39 is 11.6 Å². The van der Waals surface area contributed by atoms with Gasteiger partial charge < -0.3 is 29.7 Å². The molecule has 5 aliphatic rings. The van der Waals surface area contributed by atoms with Crippen LogP contribution in [0.15, 0.2) is 24.3 Å². The molecule has 0 amide bonds. The molecular formula is C39H42F2N6O3. The molecule has 2 N–H and O–H groups in total. The summed E-state index contributed by atoms with van der Waals surface area (Å²) in [6.07, 6.45) is 15.4. The number of nitrogens with zero attached hydrogens (tertiary/aromatic N) is 5. The average molecular weight is 681 g/mol. The summed E-state index contributed by atoms with van der Waals surface area (Å²) in [5, 5.41) is 15.4. The molecule has 2 bridgehead atoms. The first-order valence-electron chi connectivity index (χ1n) is 18.0. The van der Waals surface area contributed by atoms with Crippen molar-refractivity contribution in [3.05, 3.63) is 41.5 Å². The van der Waals surface area contributed by atoms with Crippen LogP contribution in [0, 0.1) is 41.2 Å². The molecule has 2 aromatic carbocycles. The van der Waals surface area contributed by atoms with Gasteiger partial charge in [-0.05, 0) is 73.9 Å². The van der Waals surface area contributed by atoms with Gasteiger partial charge in [0, 0.05) is 61.2 Å². The molecule has 11 heteroatoms. The molecule has 0 spiro atoms. The van der Waals surface area contributed by atoms with Crippen LogP contribution in [0.4, 0.5) is 14.6 Å². The van der Waals surface area contributed by atoms with Crippen LogP contribution in [0.25, 0.3) is 32.9 Å². The molecule has 9 rings (SSSR count). The lowest BCUT2D eigenvalue weighted by molar-refractivity contribution is 0.166. The molecule has 3 saturated heterocycles. The number of halogens is 2. The Morgan fingerprint density at radius 3 is 2.40 bits per heavy atom. The number of phenols is 1. The molecule has 5 fully saturated rings. The van der Waals surface area contributed by atoms with Crippen LogP contribution in [0.2, 0.25) is 0 Å². The molecule has 0 radical (unpaired) electrons. The number of hydrogen-bond acceptors (Lipinski definition) is 9. The number of methoxy groups -OCH3 is 1. The van der Waals surface area contributed by atoms with Gasteiger partial charge in [0.2, 0.25) is 5.88 Å². The number of likely N-dealkylation sites (tertiary alicyclic amines) is 1. The topological polar surface area (TPSA) is 95.9 Å². The Labute approximate surface area is 290 Å². The third-order valence-electron chi connectivity index (χ3n) is 11.9. The highest BCUT2D eigenvalue weighted by molar-refractivity contribution is 6.04. The zero-order valence-electron chi connectivity index (χ0n) is 28.4. The summed E-state index contributed by atoms with van der Waals surface area (Å²) in [7, 11) is 1.47. The molecule has 2 saturated carbocycles. The first-order chi connectivity index (χ1) is 24.3. The van der Waals surface area contributed by atoms with E-state index in [1.807, 2.05) is 0 Å². The van der Waals surface area contributed by atoms with Crippen LogP contribution < -0.4 is 19.7 Å². The lowest BCUT2D eigenvalue weighted by Crippen LogP contribution is -2.51. The summed E-state index contributed by atoms with van der Waals surface area (Å²) in [6, 6.07) is 6.23. The summed E-state index contributed by atoms with van der Waals surface area (Å²) in [6.45, 7) is 5.18. The summed E-state index contributed by atoms with van der Waals surface area (Å²) in [4.78, 5) is 19.1. The molecule has 5 heterocycles. The van der Waals surface area contributed by atoms with Gasteiger partial charge in [-0.3, -0.25) is 0 Å². The first-order valence-corrected chi connectivity index (χ1v) is 18.0. The van der Waals surface area contributed by atoms with Crippen LogP contribution >= 0.6 is 0 Å². The van der Waals surface area contributed by atoms with Gasteiger partial charge in [0.1, 0.15) is 34.0 Å². The zero-order chi connectivity index (χ0) is 34.1. The van der Waals surface area contributed by atoms with Crippen molar-refractivity contribution >= 4 is 27.5 Å². The molecule has 260 valence electrons. The highest BCUT2D eigenvalue weighted by atomic mass is 19.1. The largest absolute Gasteiger partial charge is 0.508 e. The van der Waals surface area contributed by atoms with Gasteiger partial charge in [0.25, 0.3) is 0 Å². The molecule has 4 atom stereocenters. The monoisotopic (exact) mass is 680 g/mol. The van der Waals surface area contributed by atoms with Gasteiger partial charge in [-0.25, -0.2) is 13.8 Å². The number of hydrogen-bond donors (Lipinski definition) is 2. The standard InChI is InChI=1S/C39H42F2N6O3/c1-3-28-30(40)11-8-22-14-27(48)15-29(31(22)28)34-33(41)35-32(37(43-34)49-2)36(47-18-25-9-10-26(19-47)42-25)45-38(44-35)50-21-39(12-13-39)20-46-16-23-6-4-5-7-24(23)17-46/h1,8,11,14-15,23-26,42,48H,4-7,9-10,12-13,16-21H2,2H3. The van der Waals surface area contributed by atoms with Crippen LogP contribution in [0.5, 0.6) is 17.6 Å². The second-order valence-electron chi connectivity index (χ2n) is 15.3. The van der Waals surface area contributed by atoms with E-state index in [1.165, 1.54) is 70.1 Å². The Morgan fingerprint density at radius 1 is 0.980 bits per heavy atom. The highest BCUT2D eigenvalue weighted by Gasteiger charge is 2.47. The normalized spacial score (nSPS) is 25.5.